The van der Waals surface area contributed by atoms with Crippen LogP contribution < -0.4 is 5.32 Å². The molecule has 1 N–H and O–H groups in total. The number of thiazole rings is 1. The first-order valence-electron chi connectivity index (χ1n) is 7.22. The van der Waals surface area contributed by atoms with Gasteiger partial charge in [0.2, 0.25) is 5.91 Å². The van der Waals surface area contributed by atoms with Gasteiger partial charge in [0.05, 0.1) is 25.1 Å². The molecule has 0 spiro atoms. The molecule has 1 heterocycles. The summed E-state index contributed by atoms with van der Waals surface area (Å²) < 4.78 is 44.2. The van der Waals surface area contributed by atoms with Crippen LogP contribution in [0.1, 0.15) is 23.6 Å². The fraction of sp³-hybridized carbons (Fsp3) is 0.312. The minimum Gasteiger partial charge on any atom is -0.469 e. The van der Waals surface area contributed by atoms with Crippen LogP contribution in [0, 0.1) is 0 Å². The highest BCUT2D eigenvalue weighted by Gasteiger charge is 2.41. The molecule has 25 heavy (non-hydrogen) atoms. The third-order valence-corrected chi connectivity index (χ3v) is 4.14. The van der Waals surface area contributed by atoms with Crippen molar-refractivity contribution in [2.45, 2.75) is 24.9 Å². The third-order valence-electron chi connectivity index (χ3n) is 3.34. The Morgan fingerprint density at radius 1 is 1.28 bits per heavy atom. The standard InChI is InChI=1S/C16H15F3N2O3S/c1-24-14(23)7-11-9-25-15(20-11)21-13(22)8-12(16(17,18)19)10-5-3-2-4-6-10/h2-6,9,12H,7-8H2,1H3,(H,20,21,22). The van der Waals surface area contributed by atoms with E-state index in [2.05, 4.69) is 15.0 Å². The molecule has 0 radical (unpaired) electrons. The summed E-state index contributed by atoms with van der Waals surface area (Å²) in [6.45, 7) is 0. The predicted molar refractivity (Wildman–Crippen MR) is 86.3 cm³/mol. The van der Waals surface area contributed by atoms with Crippen molar-refractivity contribution in [3.63, 3.8) is 0 Å². The Morgan fingerprint density at radius 3 is 2.56 bits per heavy atom. The number of amides is 1. The molecular formula is C16H15F3N2O3S. The van der Waals surface area contributed by atoms with E-state index >= 15 is 0 Å². The van der Waals surface area contributed by atoms with E-state index in [-0.39, 0.29) is 17.1 Å². The third kappa shape index (κ3) is 5.56. The molecule has 0 aliphatic carbocycles. The predicted octanol–water partition coefficient (Wildman–Crippen LogP) is 3.53. The maximum Gasteiger partial charge on any atom is 0.396 e. The number of carbonyl (C=O) groups excluding carboxylic acids is 2. The lowest BCUT2D eigenvalue weighted by atomic mass is 9.95. The van der Waals surface area contributed by atoms with E-state index in [0.29, 0.717) is 5.69 Å². The number of anilines is 1. The highest BCUT2D eigenvalue weighted by Crippen LogP contribution is 2.37. The first-order chi connectivity index (χ1) is 11.8. The van der Waals surface area contributed by atoms with Crippen LogP contribution in [0.2, 0.25) is 0 Å². The second-order valence-corrected chi connectivity index (χ2v) is 6.01. The fourth-order valence-electron chi connectivity index (χ4n) is 2.13. The number of ether oxygens (including phenoxy) is 1. The molecule has 2 aromatic rings. The maximum absolute atomic E-state index is 13.2. The van der Waals surface area contributed by atoms with Crippen LogP contribution in [-0.2, 0) is 20.7 Å². The smallest absolute Gasteiger partial charge is 0.396 e. The van der Waals surface area contributed by atoms with Crippen molar-refractivity contribution in [3.8, 4) is 0 Å². The summed E-state index contributed by atoms with van der Waals surface area (Å²) in [4.78, 5) is 27.1. The van der Waals surface area contributed by atoms with E-state index in [4.69, 9.17) is 0 Å². The van der Waals surface area contributed by atoms with Gasteiger partial charge in [-0.3, -0.25) is 9.59 Å². The Morgan fingerprint density at radius 2 is 1.96 bits per heavy atom. The van der Waals surface area contributed by atoms with E-state index in [0.717, 1.165) is 11.3 Å². The maximum atomic E-state index is 13.2. The normalized spacial score (nSPS) is 12.5. The Kier molecular flexibility index (Phi) is 6.13. The van der Waals surface area contributed by atoms with E-state index in [1.54, 1.807) is 6.07 Å². The largest absolute Gasteiger partial charge is 0.469 e. The lowest BCUT2D eigenvalue weighted by molar-refractivity contribution is -0.156. The molecular weight excluding hydrogens is 357 g/mol. The molecule has 9 heteroatoms. The summed E-state index contributed by atoms with van der Waals surface area (Å²) in [5.41, 5.74) is 0.401. The Balaban J connectivity index is 2.03. The first-order valence-corrected chi connectivity index (χ1v) is 8.10. The molecule has 0 saturated heterocycles. The van der Waals surface area contributed by atoms with Gasteiger partial charge in [-0.25, -0.2) is 4.98 Å². The number of hydrogen-bond acceptors (Lipinski definition) is 5. The molecule has 1 unspecified atom stereocenters. The zero-order chi connectivity index (χ0) is 18.4. The second kappa shape index (κ2) is 8.11. The quantitative estimate of drug-likeness (QED) is 0.788. The van der Waals surface area contributed by atoms with Crippen LogP contribution in [0.5, 0.6) is 0 Å². The highest BCUT2D eigenvalue weighted by molar-refractivity contribution is 7.13. The van der Waals surface area contributed by atoms with Crippen molar-refractivity contribution >= 4 is 28.3 Å². The van der Waals surface area contributed by atoms with Gasteiger partial charge in [0, 0.05) is 11.8 Å². The summed E-state index contributed by atoms with van der Waals surface area (Å²) in [6, 6.07) is 7.26. The van der Waals surface area contributed by atoms with Crippen molar-refractivity contribution in [2.75, 3.05) is 12.4 Å². The van der Waals surface area contributed by atoms with Crippen LogP contribution in [0.4, 0.5) is 18.3 Å². The van der Waals surface area contributed by atoms with Crippen molar-refractivity contribution < 1.29 is 27.5 Å². The topological polar surface area (TPSA) is 68.3 Å². The number of alkyl halides is 3. The number of methoxy groups -OCH3 is 1. The minimum atomic E-state index is -4.54. The monoisotopic (exact) mass is 372 g/mol. The fourth-order valence-corrected chi connectivity index (χ4v) is 2.86. The summed E-state index contributed by atoms with van der Waals surface area (Å²) in [7, 11) is 1.23. The second-order valence-electron chi connectivity index (χ2n) is 5.15. The van der Waals surface area contributed by atoms with E-state index in [9.17, 15) is 22.8 Å². The highest BCUT2D eigenvalue weighted by atomic mass is 32.1. The van der Waals surface area contributed by atoms with E-state index < -0.39 is 30.4 Å². The number of halogens is 3. The SMILES string of the molecule is COC(=O)Cc1csc(NC(=O)CC(c2ccccc2)C(F)(F)F)n1. The Hall–Kier alpha value is -2.42. The number of nitrogens with zero attached hydrogens (tertiary/aromatic N) is 1. The summed E-state index contributed by atoms with van der Waals surface area (Å²) in [5, 5.41) is 4.01. The van der Waals surface area contributed by atoms with Gasteiger partial charge in [-0.05, 0) is 5.56 Å². The molecule has 1 amide bonds. The van der Waals surface area contributed by atoms with Crippen LogP contribution in [-0.4, -0.2) is 30.1 Å². The zero-order valence-electron chi connectivity index (χ0n) is 13.2. The van der Waals surface area contributed by atoms with Crippen LogP contribution in [0.15, 0.2) is 35.7 Å². The average molecular weight is 372 g/mol. The molecule has 0 bridgehead atoms. The van der Waals surface area contributed by atoms with Crippen LogP contribution in [0.25, 0.3) is 0 Å². The molecule has 134 valence electrons. The Labute approximate surface area is 145 Å². The molecule has 0 aliphatic rings. The Bertz CT molecular complexity index is 732. The lowest BCUT2D eigenvalue weighted by Crippen LogP contribution is -2.26. The van der Waals surface area contributed by atoms with Crippen LogP contribution in [0.3, 0.4) is 0 Å². The van der Waals surface area contributed by atoms with Gasteiger partial charge < -0.3 is 10.1 Å². The average Bonchev–Trinajstić information content (AvgIpc) is 2.99. The van der Waals surface area contributed by atoms with E-state index in [1.165, 1.54) is 36.8 Å². The molecule has 0 fully saturated rings. The summed E-state index contributed by atoms with van der Waals surface area (Å²) >= 11 is 1.03. The van der Waals surface area contributed by atoms with Gasteiger partial charge in [-0.1, -0.05) is 30.3 Å². The zero-order valence-corrected chi connectivity index (χ0v) is 14.0. The lowest BCUT2D eigenvalue weighted by Gasteiger charge is -2.20. The van der Waals surface area contributed by atoms with Crippen molar-refractivity contribution in [3.05, 3.63) is 47.0 Å². The number of carbonyl (C=O) groups is 2. The number of aromatic nitrogens is 1. The van der Waals surface area contributed by atoms with Gasteiger partial charge in [-0.15, -0.1) is 11.3 Å². The molecule has 2 rings (SSSR count). The van der Waals surface area contributed by atoms with Crippen molar-refractivity contribution in [1.29, 1.82) is 0 Å². The van der Waals surface area contributed by atoms with Crippen molar-refractivity contribution in [2.24, 2.45) is 0 Å². The van der Waals surface area contributed by atoms with Gasteiger partial charge in [0.15, 0.2) is 5.13 Å². The number of nitrogens with one attached hydrogen (secondary N) is 1. The molecule has 0 aliphatic heterocycles. The van der Waals surface area contributed by atoms with Crippen LogP contribution >= 0.6 is 11.3 Å². The van der Waals surface area contributed by atoms with Gasteiger partial charge >= 0.3 is 12.1 Å². The number of benzene rings is 1. The molecule has 5 nitrogen and oxygen atoms in total. The molecule has 0 saturated carbocycles. The first kappa shape index (κ1) is 18.9. The van der Waals surface area contributed by atoms with Gasteiger partial charge in [0.25, 0.3) is 0 Å². The van der Waals surface area contributed by atoms with E-state index in [1.807, 2.05) is 0 Å². The minimum absolute atomic E-state index is 0.0238. The summed E-state index contributed by atoms with van der Waals surface area (Å²) in [5.74, 6) is -3.20. The van der Waals surface area contributed by atoms with Crippen molar-refractivity contribution in [1.82, 2.24) is 4.98 Å². The number of hydrogen-bond donors (Lipinski definition) is 1. The molecule has 1 atom stereocenters. The van der Waals surface area contributed by atoms with Gasteiger partial charge in [0.1, 0.15) is 0 Å². The summed E-state index contributed by atoms with van der Waals surface area (Å²) in [6.07, 6.45) is -5.37. The van der Waals surface area contributed by atoms with Gasteiger partial charge in [-0.2, -0.15) is 13.2 Å². The number of esters is 1. The molecule has 1 aromatic carbocycles. The molecule has 1 aromatic heterocycles. The number of rotatable bonds is 6.